The van der Waals surface area contributed by atoms with Crippen molar-refractivity contribution < 1.29 is 18.8 Å². The van der Waals surface area contributed by atoms with E-state index in [1.165, 1.54) is 68.9 Å². The lowest BCUT2D eigenvalue weighted by atomic mass is 10.0. The van der Waals surface area contributed by atoms with Crippen molar-refractivity contribution in [3.05, 3.63) is 65.7 Å². The van der Waals surface area contributed by atoms with Crippen LogP contribution in [0.25, 0.3) is 0 Å². The highest BCUT2D eigenvalue weighted by Gasteiger charge is 2.34. The molecule has 0 amide bonds. The fourth-order valence-corrected chi connectivity index (χ4v) is 4.85. The van der Waals surface area contributed by atoms with Crippen LogP contribution < -0.4 is 4.74 Å². The molecule has 0 aliphatic carbocycles. The van der Waals surface area contributed by atoms with Crippen molar-refractivity contribution in [1.29, 1.82) is 0 Å². The highest BCUT2D eigenvalue weighted by atomic mass is 16.7. The van der Waals surface area contributed by atoms with E-state index < -0.39 is 6.29 Å². The van der Waals surface area contributed by atoms with Crippen LogP contribution in [0.5, 0.6) is 5.75 Å². The number of rotatable bonds is 20. The Bertz CT molecular complexity index is 896. The second-order valence-corrected chi connectivity index (χ2v) is 11.4. The Morgan fingerprint density at radius 3 is 1.97 bits per heavy atom. The number of benzene rings is 2. The molecule has 0 radical (unpaired) electrons. The van der Waals surface area contributed by atoms with Gasteiger partial charge in [-0.15, -0.1) is 0 Å². The van der Waals surface area contributed by atoms with Crippen molar-refractivity contribution in [2.24, 2.45) is 0 Å². The Labute approximate surface area is 233 Å². The predicted molar refractivity (Wildman–Crippen MR) is 159 cm³/mol. The molecule has 0 aromatic heterocycles. The predicted octanol–water partition coefficient (Wildman–Crippen LogP) is 8.86. The molecule has 0 aliphatic rings. The fourth-order valence-electron chi connectivity index (χ4n) is 4.85. The number of nitrogens with zero attached hydrogens (tertiary/aromatic N) is 1. The van der Waals surface area contributed by atoms with E-state index in [0.717, 1.165) is 31.6 Å². The maximum absolute atomic E-state index is 13.2. The van der Waals surface area contributed by atoms with Gasteiger partial charge in [0.05, 0.1) is 14.1 Å². The summed E-state index contributed by atoms with van der Waals surface area (Å²) in [6.45, 7) is 7.08. The van der Waals surface area contributed by atoms with E-state index in [0.29, 0.717) is 10.9 Å². The van der Waals surface area contributed by atoms with Crippen LogP contribution >= 0.6 is 0 Å². The Balaban J connectivity index is 1.85. The molecule has 4 heteroatoms. The fraction of sp³-hybridized carbons (Fsp3) is 0.618. The minimum absolute atomic E-state index is 0.212. The molecule has 2 aromatic carbocycles. The quantitative estimate of drug-likeness (QED) is 0.0751. The first-order valence-electron chi connectivity index (χ1n) is 15.2. The molecule has 2 atom stereocenters. The van der Waals surface area contributed by atoms with Gasteiger partial charge in [0.25, 0.3) is 0 Å². The molecule has 0 saturated carbocycles. The first-order chi connectivity index (χ1) is 18.4. The summed E-state index contributed by atoms with van der Waals surface area (Å²) in [6.07, 6.45) is 15.3. The van der Waals surface area contributed by atoms with E-state index >= 15 is 0 Å². The molecule has 2 aromatic rings. The van der Waals surface area contributed by atoms with Gasteiger partial charge in [-0.1, -0.05) is 120 Å². The van der Waals surface area contributed by atoms with Crippen LogP contribution in [-0.2, 0) is 22.5 Å². The van der Waals surface area contributed by atoms with Gasteiger partial charge in [-0.2, -0.15) is 0 Å². The summed E-state index contributed by atoms with van der Waals surface area (Å²) in [5, 5.41) is 0. The molecule has 2 rings (SSSR count). The third-order valence-electron chi connectivity index (χ3n) is 7.63. The number of hydrogen-bond donors (Lipinski definition) is 0. The Morgan fingerprint density at radius 1 is 0.763 bits per heavy atom. The number of ether oxygens (including phenoxy) is 2. The second kappa shape index (κ2) is 18.0. The minimum atomic E-state index is -0.569. The number of quaternary nitrogens is 1. The molecule has 0 aliphatic heterocycles. The zero-order chi connectivity index (χ0) is 27.6. The van der Waals surface area contributed by atoms with Crippen molar-refractivity contribution in [1.82, 2.24) is 0 Å². The summed E-state index contributed by atoms with van der Waals surface area (Å²) >= 11 is 0. The highest BCUT2D eigenvalue weighted by molar-refractivity contribution is 5.74. The van der Waals surface area contributed by atoms with Gasteiger partial charge in [0.1, 0.15) is 12.3 Å². The standard InChI is InChI=1S/C34H54NO3/c1-6-8-9-10-11-12-13-14-15-19-25-31-26-20-21-27-32(31)37-33(22-7-2)38-34(36)29(3)35(4,5)28-30-23-17-16-18-24-30/h16-18,20-21,23-24,26-27,29,33H,6-15,19,22,25,28H2,1-5H3/q+1. The molecule has 0 heterocycles. The number of carbonyl (C=O) groups excluding carboxylic acids is 1. The smallest absolute Gasteiger partial charge is 0.367 e. The summed E-state index contributed by atoms with van der Waals surface area (Å²) in [7, 11) is 4.16. The average Bonchev–Trinajstić information content (AvgIpc) is 2.90. The summed E-state index contributed by atoms with van der Waals surface area (Å²) in [4.78, 5) is 13.2. The maximum atomic E-state index is 13.2. The van der Waals surface area contributed by atoms with Crippen molar-refractivity contribution in [3.63, 3.8) is 0 Å². The van der Waals surface area contributed by atoms with Gasteiger partial charge in [0, 0.05) is 12.0 Å². The lowest BCUT2D eigenvalue weighted by Crippen LogP contribution is -2.52. The molecule has 2 unspecified atom stereocenters. The monoisotopic (exact) mass is 524 g/mol. The molecule has 0 bridgehead atoms. The lowest BCUT2D eigenvalue weighted by molar-refractivity contribution is -0.917. The number of carbonyl (C=O) groups is 1. The first kappa shape index (κ1) is 31.9. The second-order valence-electron chi connectivity index (χ2n) is 11.4. The van der Waals surface area contributed by atoms with Gasteiger partial charge in [0.15, 0.2) is 6.04 Å². The van der Waals surface area contributed by atoms with Gasteiger partial charge in [-0.3, -0.25) is 0 Å². The van der Waals surface area contributed by atoms with E-state index in [-0.39, 0.29) is 12.0 Å². The van der Waals surface area contributed by atoms with Gasteiger partial charge >= 0.3 is 5.97 Å². The molecule has 4 nitrogen and oxygen atoms in total. The molecule has 212 valence electrons. The summed E-state index contributed by atoms with van der Waals surface area (Å²) in [5.41, 5.74) is 2.41. The third-order valence-corrected chi connectivity index (χ3v) is 7.63. The van der Waals surface area contributed by atoms with Gasteiger partial charge < -0.3 is 14.0 Å². The third kappa shape index (κ3) is 12.0. The number of likely N-dealkylation sites (N-methyl/N-ethyl adjacent to an activating group) is 1. The molecule has 0 N–H and O–H groups in total. The van der Waals surface area contributed by atoms with Crippen LogP contribution in [0.3, 0.4) is 0 Å². The molecule has 0 fully saturated rings. The number of aryl methyl sites for hydroxylation is 1. The Hall–Kier alpha value is -2.33. The zero-order valence-electron chi connectivity index (χ0n) is 24.9. The normalized spacial score (nSPS) is 13.2. The van der Waals surface area contributed by atoms with Crippen LogP contribution in [0.15, 0.2) is 54.6 Å². The van der Waals surface area contributed by atoms with Crippen LogP contribution in [0.2, 0.25) is 0 Å². The molecule has 0 saturated heterocycles. The van der Waals surface area contributed by atoms with Crippen LogP contribution in [0.1, 0.15) is 109 Å². The van der Waals surface area contributed by atoms with Crippen molar-refractivity contribution >= 4 is 5.97 Å². The Morgan fingerprint density at radius 2 is 1.34 bits per heavy atom. The number of hydrogen-bond acceptors (Lipinski definition) is 3. The topological polar surface area (TPSA) is 35.5 Å². The van der Waals surface area contributed by atoms with Crippen LogP contribution in [0.4, 0.5) is 0 Å². The van der Waals surface area contributed by atoms with E-state index in [1.807, 2.05) is 37.3 Å². The number of para-hydroxylation sites is 1. The van der Waals surface area contributed by atoms with Crippen LogP contribution in [-0.4, -0.2) is 36.9 Å². The molecular weight excluding hydrogens is 470 g/mol. The minimum Gasteiger partial charge on any atom is -0.454 e. The van der Waals surface area contributed by atoms with E-state index in [4.69, 9.17) is 9.47 Å². The maximum Gasteiger partial charge on any atom is 0.367 e. The van der Waals surface area contributed by atoms with Crippen molar-refractivity contribution in [3.8, 4) is 5.75 Å². The highest BCUT2D eigenvalue weighted by Crippen LogP contribution is 2.24. The van der Waals surface area contributed by atoms with Crippen molar-refractivity contribution in [2.75, 3.05) is 14.1 Å². The van der Waals surface area contributed by atoms with E-state index in [2.05, 4.69) is 52.2 Å². The van der Waals surface area contributed by atoms with E-state index in [9.17, 15) is 4.79 Å². The largest absolute Gasteiger partial charge is 0.454 e. The van der Waals surface area contributed by atoms with Gasteiger partial charge in [0.2, 0.25) is 6.29 Å². The van der Waals surface area contributed by atoms with Crippen LogP contribution in [0, 0.1) is 0 Å². The summed E-state index contributed by atoms with van der Waals surface area (Å²) < 4.78 is 12.8. The summed E-state index contributed by atoms with van der Waals surface area (Å²) in [5.74, 6) is 0.636. The SMILES string of the molecule is CCCCCCCCCCCCc1ccccc1OC(CCC)OC(=O)C(C)[N+](C)(C)Cc1ccccc1. The van der Waals surface area contributed by atoms with E-state index in [1.54, 1.807) is 0 Å². The number of esters is 1. The summed E-state index contributed by atoms with van der Waals surface area (Å²) in [6, 6.07) is 18.2. The van der Waals surface area contributed by atoms with Gasteiger partial charge in [-0.05, 0) is 37.8 Å². The van der Waals surface area contributed by atoms with Gasteiger partial charge in [-0.25, -0.2) is 4.79 Å². The average molecular weight is 525 g/mol. The Kier molecular flexibility index (Phi) is 15.1. The molecular formula is C34H54NO3+. The molecule has 38 heavy (non-hydrogen) atoms. The van der Waals surface area contributed by atoms with Crippen molar-refractivity contribution in [2.45, 2.75) is 123 Å². The zero-order valence-corrected chi connectivity index (χ0v) is 24.9. The number of unbranched alkanes of at least 4 members (excludes halogenated alkanes) is 9. The lowest BCUT2D eigenvalue weighted by Gasteiger charge is -2.35. The first-order valence-corrected chi connectivity index (χ1v) is 15.2. The molecule has 0 spiro atoms.